The van der Waals surface area contributed by atoms with Gasteiger partial charge < -0.3 is 10.7 Å². The molecule has 2 aromatic rings. The molecule has 2 aromatic heterocycles. The quantitative estimate of drug-likeness (QED) is 0.780. The normalized spacial score (nSPS) is 11.7. The van der Waals surface area contributed by atoms with Crippen LogP contribution in [-0.4, -0.2) is 18.4 Å². The fourth-order valence-electron chi connectivity index (χ4n) is 1.67. The van der Waals surface area contributed by atoms with Gasteiger partial charge in [0.05, 0.1) is 5.69 Å². The van der Waals surface area contributed by atoms with E-state index < -0.39 is 10.0 Å². The number of nitrogens with zero attached hydrogens (tertiary/aromatic N) is 1. The highest BCUT2D eigenvalue weighted by Crippen LogP contribution is 2.25. The lowest BCUT2D eigenvalue weighted by molar-refractivity contribution is 0.601. The lowest BCUT2D eigenvalue weighted by atomic mass is 10.3. The third-order valence-corrected chi connectivity index (χ3v) is 5.07. The lowest BCUT2D eigenvalue weighted by Gasteiger charge is -2.01. The van der Waals surface area contributed by atoms with Gasteiger partial charge in [-0.25, -0.2) is 13.4 Å². The number of aryl methyl sites for hydroxylation is 2. The zero-order valence-electron chi connectivity index (χ0n) is 10.7. The van der Waals surface area contributed by atoms with Crippen LogP contribution in [0.15, 0.2) is 17.2 Å². The van der Waals surface area contributed by atoms with Crippen molar-refractivity contribution in [2.75, 3.05) is 4.72 Å². The van der Waals surface area contributed by atoms with Gasteiger partial charge in [0.15, 0.2) is 5.13 Å². The fourth-order valence-corrected chi connectivity index (χ4v) is 3.82. The second-order valence-electron chi connectivity index (χ2n) is 4.05. The number of rotatable bonds is 5. The van der Waals surface area contributed by atoms with E-state index in [1.165, 1.54) is 23.6 Å². The number of nitrogens with one attached hydrogen (secondary N) is 2. The molecule has 0 unspecified atom stereocenters. The number of hydrogen-bond donors (Lipinski definition) is 3. The van der Waals surface area contributed by atoms with Crippen molar-refractivity contribution in [3.05, 3.63) is 28.5 Å². The van der Waals surface area contributed by atoms with Crippen LogP contribution in [0.5, 0.6) is 0 Å². The van der Waals surface area contributed by atoms with E-state index in [1.807, 2.05) is 13.8 Å². The SMILES string of the molecule is CCc1nc(NS(=O)(=O)c2c[nH]c(CN)c2)sc1C. The number of thiazole rings is 1. The summed E-state index contributed by atoms with van der Waals surface area (Å²) in [5.74, 6) is 0. The molecule has 0 fully saturated rings. The Morgan fingerprint density at radius 1 is 1.53 bits per heavy atom. The third kappa shape index (κ3) is 2.96. The topological polar surface area (TPSA) is 101 Å². The summed E-state index contributed by atoms with van der Waals surface area (Å²) in [4.78, 5) is 8.26. The molecule has 0 radical (unpaired) electrons. The van der Waals surface area contributed by atoms with Crippen molar-refractivity contribution < 1.29 is 8.42 Å². The van der Waals surface area contributed by atoms with Crippen molar-refractivity contribution in [3.63, 3.8) is 0 Å². The van der Waals surface area contributed by atoms with Crippen molar-refractivity contribution in [1.29, 1.82) is 0 Å². The van der Waals surface area contributed by atoms with Crippen LogP contribution in [0.3, 0.4) is 0 Å². The van der Waals surface area contributed by atoms with Crippen LogP contribution in [-0.2, 0) is 23.0 Å². The first kappa shape index (κ1) is 14.0. The van der Waals surface area contributed by atoms with Gasteiger partial charge in [0.1, 0.15) is 4.90 Å². The van der Waals surface area contributed by atoms with Crippen LogP contribution in [0.1, 0.15) is 23.2 Å². The Hall–Kier alpha value is -1.38. The van der Waals surface area contributed by atoms with Gasteiger partial charge in [-0.05, 0) is 19.4 Å². The molecule has 2 rings (SSSR count). The summed E-state index contributed by atoms with van der Waals surface area (Å²) in [6.45, 7) is 4.18. The van der Waals surface area contributed by atoms with Gasteiger partial charge in [-0.3, -0.25) is 4.72 Å². The number of aromatic nitrogens is 2. The summed E-state index contributed by atoms with van der Waals surface area (Å²) in [6, 6.07) is 1.52. The fraction of sp³-hybridized carbons (Fsp3) is 0.364. The predicted molar refractivity (Wildman–Crippen MR) is 75.7 cm³/mol. The Labute approximate surface area is 116 Å². The average molecular weight is 300 g/mol. The minimum Gasteiger partial charge on any atom is -0.363 e. The van der Waals surface area contributed by atoms with Crippen LogP contribution < -0.4 is 10.5 Å². The van der Waals surface area contributed by atoms with E-state index in [4.69, 9.17) is 5.73 Å². The first-order valence-electron chi connectivity index (χ1n) is 5.82. The molecule has 0 saturated heterocycles. The largest absolute Gasteiger partial charge is 0.363 e. The zero-order chi connectivity index (χ0) is 14.0. The second kappa shape index (κ2) is 5.32. The minimum absolute atomic E-state index is 0.166. The van der Waals surface area contributed by atoms with Gasteiger partial charge in [-0.2, -0.15) is 0 Å². The highest BCUT2D eigenvalue weighted by atomic mass is 32.2. The van der Waals surface area contributed by atoms with E-state index in [-0.39, 0.29) is 11.4 Å². The van der Waals surface area contributed by atoms with Gasteiger partial charge in [-0.15, -0.1) is 11.3 Å². The van der Waals surface area contributed by atoms with Gasteiger partial charge in [0, 0.05) is 23.3 Å². The summed E-state index contributed by atoms with van der Waals surface area (Å²) in [7, 11) is -3.60. The molecule has 0 aliphatic carbocycles. The number of H-pyrrole nitrogens is 1. The van der Waals surface area contributed by atoms with E-state index >= 15 is 0 Å². The second-order valence-corrected chi connectivity index (χ2v) is 6.93. The first-order chi connectivity index (χ1) is 8.96. The van der Waals surface area contributed by atoms with E-state index in [1.54, 1.807) is 0 Å². The number of anilines is 1. The zero-order valence-corrected chi connectivity index (χ0v) is 12.4. The first-order valence-corrected chi connectivity index (χ1v) is 8.12. The minimum atomic E-state index is -3.60. The molecule has 0 saturated carbocycles. The molecule has 19 heavy (non-hydrogen) atoms. The van der Waals surface area contributed by atoms with E-state index in [2.05, 4.69) is 14.7 Å². The molecule has 0 atom stereocenters. The van der Waals surface area contributed by atoms with E-state index in [0.29, 0.717) is 10.8 Å². The van der Waals surface area contributed by atoms with Crippen molar-refractivity contribution in [3.8, 4) is 0 Å². The summed E-state index contributed by atoms with van der Waals surface area (Å²) in [5.41, 5.74) is 7.03. The molecule has 104 valence electrons. The molecule has 2 heterocycles. The van der Waals surface area contributed by atoms with Crippen LogP contribution in [0.2, 0.25) is 0 Å². The van der Waals surface area contributed by atoms with Gasteiger partial charge in [0.2, 0.25) is 0 Å². The van der Waals surface area contributed by atoms with Crippen LogP contribution in [0.25, 0.3) is 0 Å². The van der Waals surface area contributed by atoms with Crippen molar-refractivity contribution >= 4 is 26.5 Å². The highest BCUT2D eigenvalue weighted by molar-refractivity contribution is 7.93. The van der Waals surface area contributed by atoms with Gasteiger partial charge in [0.25, 0.3) is 10.0 Å². The summed E-state index contributed by atoms with van der Waals surface area (Å²) in [5, 5.41) is 0.393. The summed E-state index contributed by atoms with van der Waals surface area (Å²) >= 11 is 1.34. The molecule has 0 aromatic carbocycles. The maximum atomic E-state index is 12.1. The van der Waals surface area contributed by atoms with Gasteiger partial charge >= 0.3 is 0 Å². The van der Waals surface area contributed by atoms with Crippen LogP contribution in [0, 0.1) is 6.92 Å². The van der Waals surface area contributed by atoms with E-state index in [0.717, 1.165) is 17.0 Å². The third-order valence-electron chi connectivity index (χ3n) is 2.70. The number of hydrogen-bond acceptors (Lipinski definition) is 5. The Morgan fingerprint density at radius 2 is 2.26 bits per heavy atom. The number of sulfonamides is 1. The molecular weight excluding hydrogens is 284 g/mol. The Morgan fingerprint density at radius 3 is 2.79 bits per heavy atom. The Bertz CT molecular complexity index is 673. The Kier molecular flexibility index (Phi) is 3.93. The number of nitrogens with two attached hydrogens (primary N) is 1. The molecule has 4 N–H and O–H groups in total. The average Bonchev–Trinajstić information content (AvgIpc) is 2.95. The molecule has 8 heteroatoms. The molecule has 6 nitrogen and oxygen atoms in total. The summed E-state index contributed by atoms with van der Waals surface area (Å²) < 4.78 is 26.8. The lowest BCUT2D eigenvalue weighted by Crippen LogP contribution is -2.12. The van der Waals surface area contributed by atoms with Crippen LogP contribution in [0.4, 0.5) is 5.13 Å². The molecule has 0 bridgehead atoms. The standard InChI is InChI=1S/C11H16N4O2S2/c1-3-10-7(2)18-11(14-10)15-19(16,17)9-4-8(5-12)13-6-9/h4,6,13H,3,5,12H2,1-2H3,(H,14,15). The monoisotopic (exact) mass is 300 g/mol. The Balaban J connectivity index is 2.25. The summed E-state index contributed by atoms with van der Waals surface area (Å²) in [6.07, 6.45) is 2.21. The maximum Gasteiger partial charge on any atom is 0.265 e. The van der Waals surface area contributed by atoms with Crippen molar-refractivity contribution in [1.82, 2.24) is 9.97 Å². The van der Waals surface area contributed by atoms with Crippen molar-refractivity contribution in [2.45, 2.75) is 31.7 Å². The molecule has 0 amide bonds. The van der Waals surface area contributed by atoms with Crippen LogP contribution >= 0.6 is 11.3 Å². The predicted octanol–water partition coefficient (Wildman–Crippen LogP) is 1.60. The maximum absolute atomic E-state index is 12.1. The molecule has 0 spiro atoms. The smallest absolute Gasteiger partial charge is 0.265 e. The van der Waals surface area contributed by atoms with E-state index in [9.17, 15) is 8.42 Å². The van der Waals surface area contributed by atoms with Gasteiger partial charge in [-0.1, -0.05) is 6.92 Å². The van der Waals surface area contributed by atoms with Crippen molar-refractivity contribution in [2.24, 2.45) is 5.73 Å². The highest BCUT2D eigenvalue weighted by Gasteiger charge is 2.18. The molecule has 0 aliphatic rings. The molecular formula is C11H16N4O2S2. The molecule has 0 aliphatic heterocycles. The number of aromatic amines is 1.